The van der Waals surface area contributed by atoms with Gasteiger partial charge in [-0.05, 0) is 18.2 Å². The first-order valence-corrected chi connectivity index (χ1v) is 7.14. The molecule has 0 aliphatic carbocycles. The van der Waals surface area contributed by atoms with Crippen LogP contribution in [0.1, 0.15) is 0 Å². The molecule has 0 aliphatic rings. The first kappa shape index (κ1) is 15.5. The molecule has 9 heteroatoms. The average molecular weight is 330 g/mol. The van der Waals surface area contributed by atoms with Gasteiger partial charge in [0.25, 0.3) is 0 Å². The Morgan fingerprint density at radius 1 is 1.43 bits per heavy atom. The quantitative estimate of drug-likeness (QED) is 0.705. The van der Waals surface area contributed by atoms with Crippen LogP contribution in [0.15, 0.2) is 18.2 Å². The van der Waals surface area contributed by atoms with E-state index in [0.717, 1.165) is 10.2 Å². The van der Waals surface area contributed by atoms with E-state index in [-0.39, 0.29) is 19.8 Å². The van der Waals surface area contributed by atoms with E-state index in [0.29, 0.717) is 10.2 Å². The Balaban J connectivity index is 1.80. The van der Waals surface area contributed by atoms with Gasteiger partial charge in [-0.2, -0.15) is 0 Å². The molecule has 0 atom stereocenters. The zero-order valence-electron chi connectivity index (χ0n) is 10.8. The average Bonchev–Trinajstić information content (AvgIpc) is 2.79. The molecule has 0 unspecified atom stereocenters. The number of nitrogens with zero attached hydrogens (tertiary/aromatic N) is 1. The number of aliphatic carboxylic acids is 1. The summed E-state index contributed by atoms with van der Waals surface area (Å²) in [5.41, 5.74) is 0.754. The van der Waals surface area contributed by atoms with Crippen LogP contribution in [0, 0.1) is 0 Å². The number of hydrogen-bond donors (Lipinski definition) is 3. The van der Waals surface area contributed by atoms with Gasteiger partial charge < -0.3 is 15.2 Å². The fraction of sp³-hybridized carbons (Fsp3) is 0.250. The maximum Gasteiger partial charge on any atom is 0.329 e. The highest BCUT2D eigenvalue weighted by Crippen LogP contribution is 2.28. The first-order valence-electron chi connectivity index (χ1n) is 5.95. The van der Waals surface area contributed by atoms with Crippen molar-refractivity contribution in [3.05, 3.63) is 23.2 Å². The second-order valence-electron chi connectivity index (χ2n) is 3.96. The molecule has 0 saturated heterocycles. The van der Waals surface area contributed by atoms with Gasteiger partial charge in [-0.3, -0.25) is 5.32 Å². The number of carbonyl (C=O) groups is 2. The van der Waals surface area contributed by atoms with E-state index in [9.17, 15) is 9.59 Å². The van der Waals surface area contributed by atoms with Gasteiger partial charge in [-0.15, -0.1) is 0 Å². The molecule has 2 aromatic rings. The molecule has 7 nitrogen and oxygen atoms in total. The maximum atomic E-state index is 11.6. The standard InChI is InChI=1S/C12H12ClN3O4S/c13-7-1-2-8-9(5-7)21-12(15-8)16-11(19)14-3-4-20-6-10(17)18/h1-2,5H,3-4,6H2,(H,17,18)(H2,14,15,16,19). The van der Waals surface area contributed by atoms with Gasteiger partial charge in [-0.25, -0.2) is 14.6 Å². The summed E-state index contributed by atoms with van der Waals surface area (Å²) in [4.78, 5) is 26.0. The van der Waals surface area contributed by atoms with Crippen LogP contribution in [-0.2, 0) is 9.53 Å². The van der Waals surface area contributed by atoms with Crippen molar-refractivity contribution in [2.75, 3.05) is 25.1 Å². The van der Waals surface area contributed by atoms with Crippen molar-refractivity contribution in [3.63, 3.8) is 0 Å². The number of aromatic nitrogens is 1. The minimum Gasteiger partial charge on any atom is -0.480 e. The molecule has 1 aromatic heterocycles. The number of urea groups is 1. The predicted molar refractivity (Wildman–Crippen MR) is 80.1 cm³/mol. The molecule has 3 N–H and O–H groups in total. The lowest BCUT2D eigenvalue weighted by Gasteiger charge is -2.04. The Kier molecular flexibility index (Phi) is 5.32. The normalized spacial score (nSPS) is 10.5. The Morgan fingerprint density at radius 2 is 2.24 bits per heavy atom. The van der Waals surface area contributed by atoms with Crippen molar-refractivity contribution < 1.29 is 19.4 Å². The molecule has 0 aliphatic heterocycles. The maximum absolute atomic E-state index is 11.6. The van der Waals surface area contributed by atoms with Crippen molar-refractivity contribution >= 4 is 50.3 Å². The van der Waals surface area contributed by atoms with Crippen LogP contribution in [0.25, 0.3) is 10.2 Å². The highest BCUT2D eigenvalue weighted by atomic mass is 35.5. The minimum absolute atomic E-state index is 0.120. The van der Waals surface area contributed by atoms with Crippen LogP contribution < -0.4 is 10.6 Å². The van der Waals surface area contributed by atoms with Crippen LogP contribution in [-0.4, -0.2) is 41.8 Å². The third-order valence-corrected chi connectivity index (χ3v) is 3.50. The molecule has 0 spiro atoms. The lowest BCUT2D eigenvalue weighted by molar-refractivity contribution is -0.142. The van der Waals surface area contributed by atoms with Gasteiger partial charge >= 0.3 is 12.0 Å². The molecule has 112 valence electrons. The summed E-state index contributed by atoms with van der Waals surface area (Å²) in [6.45, 7) is -0.0626. The van der Waals surface area contributed by atoms with Crippen LogP contribution >= 0.6 is 22.9 Å². The summed E-state index contributed by atoms with van der Waals surface area (Å²) < 4.78 is 5.66. The van der Waals surface area contributed by atoms with Gasteiger partial charge in [0.15, 0.2) is 5.13 Å². The molecule has 2 rings (SSSR count). The van der Waals surface area contributed by atoms with Crippen molar-refractivity contribution in [2.45, 2.75) is 0 Å². The molecule has 1 heterocycles. The molecule has 2 amide bonds. The van der Waals surface area contributed by atoms with E-state index in [1.165, 1.54) is 11.3 Å². The zero-order chi connectivity index (χ0) is 15.2. The molecule has 1 aromatic carbocycles. The number of thiazole rings is 1. The zero-order valence-corrected chi connectivity index (χ0v) is 12.3. The van der Waals surface area contributed by atoms with Gasteiger partial charge in [0, 0.05) is 11.6 Å². The van der Waals surface area contributed by atoms with E-state index in [1.807, 2.05) is 0 Å². The number of amides is 2. The molecular weight excluding hydrogens is 318 g/mol. The lowest BCUT2D eigenvalue weighted by Crippen LogP contribution is -2.31. The van der Waals surface area contributed by atoms with Crippen molar-refractivity contribution in [1.29, 1.82) is 0 Å². The smallest absolute Gasteiger partial charge is 0.329 e. The molecule has 0 fully saturated rings. The molecule has 0 bridgehead atoms. The van der Waals surface area contributed by atoms with E-state index < -0.39 is 12.0 Å². The highest BCUT2D eigenvalue weighted by molar-refractivity contribution is 7.22. The van der Waals surface area contributed by atoms with Gasteiger partial charge in [-0.1, -0.05) is 22.9 Å². The van der Waals surface area contributed by atoms with Crippen molar-refractivity contribution in [1.82, 2.24) is 10.3 Å². The number of hydrogen-bond acceptors (Lipinski definition) is 5. The number of ether oxygens (including phenoxy) is 1. The number of benzene rings is 1. The van der Waals surface area contributed by atoms with Crippen molar-refractivity contribution in [2.24, 2.45) is 0 Å². The van der Waals surface area contributed by atoms with Crippen LogP contribution in [0.2, 0.25) is 5.02 Å². The first-order chi connectivity index (χ1) is 10.0. The summed E-state index contributed by atoms with van der Waals surface area (Å²) in [6, 6.07) is 4.85. The number of fused-ring (bicyclic) bond motifs is 1. The summed E-state index contributed by atoms with van der Waals surface area (Å²) >= 11 is 7.19. The summed E-state index contributed by atoms with van der Waals surface area (Å²) in [5.74, 6) is -1.05. The van der Waals surface area contributed by atoms with Crippen LogP contribution in [0.5, 0.6) is 0 Å². The fourth-order valence-electron chi connectivity index (χ4n) is 1.49. The number of carbonyl (C=O) groups excluding carboxylic acids is 1. The molecular formula is C12H12ClN3O4S. The van der Waals surface area contributed by atoms with Crippen LogP contribution in [0.4, 0.5) is 9.93 Å². The Bertz CT molecular complexity index is 661. The number of anilines is 1. The van der Waals surface area contributed by atoms with Gasteiger partial charge in [0.1, 0.15) is 6.61 Å². The number of rotatable bonds is 6. The number of halogens is 1. The Morgan fingerprint density at radius 3 is 3.00 bits per heavy atom. The Hall–Kier alpha value is -1.90. The van der Waals surface area contributed by atoms with Gasteiger partial charge in [0.05, 0.1) is 16.8 Å². The largest absolute Gasteiger partial charge is 0.480 e. The van der Waals surface area contributed by atoms with E-state index in [4.69, 9.17) is 21.4 Å². The topological polar surface area (TPSA) is 101 Å². The third kappa shape index (κ3) is 4.85. The molecule has 0 saturated carbocycles. The van der Waals surface area contributed by atoms with Crippen LogP contribution in [0.3, 0.4) is 0 Å². The monoisotopic (exact) mass is 329 g/mol. The summed E-state index contributed by atoms with van der Waals surface area (Å²) in [7, 11) is 0. The lowest BCUT2D eigenvalue weighted by atomic mass is 10.3. The van der Waals surface area contributed by atoms with E-state index in [2.05, 4.69) is 15.6 Å². The van der Waals surface area contributed by atoms with E-state index >= 15 is 0 Å². The molecule has 21 heavy (non-hydrogen) atoms. The van der Waals surface area contributed by atoms with E-state index in [1.54, 1.807) is 18.2 Å². The third-order valence-electron chi connectivity index (χ3n) is 2.33. The van der Waals surface area contributed by atoms with Crippen molar-refractivity contribution in [3.8, 4) is 0 Å². The minimum atomic E-state index is -1.05. The highest BCUT2D eigenvalue weighted by Gasteiger charge is 2.07. The second kappa shape index (κ2) is 7.21. The number of carboxylic acids is 1. The fourth-order valence-corrected chi connectivity index (χ4v) is 2.63. The van der Waals surface area contributed by atoms with Gasteiger partial charge in [0.2, 0.25) is 0 Å². The predicted octanol–water partition coefficient (Wildman–Crippen LogP) is 2.17. The summed E-state index contributed by atoms with van der Waals surface area (Å²) in [5, 5.41) is 14.6. The summed E-state index contributed by atoms with van der Waals surface area (Å²) in [6.07, 6.45) is 0. The SMILES string of the molecule is O=C(O)COCCNC(=O)Nc1nc2ccc(Cl)cc2s1. The molecule has 0 radical (unpaired) electrons. The number of carboxylic acid groups (broad SMARTS) is 1. The number of nitrogens with one attached hydrogen (secondary N) is 2. The second-order valence-corrected chi connectivity index (χ2v) is 5.43. The Labute approximate surface area is 128 Å².